The molecule has 1 aliphatic rings. The van der Waals surface area contributed by atoms with Gasteiger partial charge in [0.15, 0.2) is 0 Å². The Morgan fingerprint density at radius 2 is 2.00 bits per heavy atom. The number of urea groups is 1. The van der Waals surface area contributed by atoms with Crippen molar-refractivity contribution in [1.29, 1.82) is 0 Å². The molecule has 1 heterocycles. The van der Waals surface area contributed by atoms with Crippen LogP contribution < -0.4 is 10.6 Å². The predicted molar refractivity (Wildman–Crippen MR) is 68.8 cm³/mol. The van der Waals surface area contributed by atoms with Crippen LogP contribution in [0, 0.1) is 5.92 Å². The number of hydrogen-bond donors (Lipinski definition) is 3. The second-order valence-corrected chi connectivity index (χ2v) is 5.45. The van der Waals surface area contributed by atoms with Crippen molar-refractivity contribution in [2.45, 2.75) is 32.7 Å². The first-order valence-electron chi connectivity index (χ1n) is 6.26. The molecule has 3 N–H and O–H groups in total. The third-order valence-electron chi connectivity index (χ3n) is 2.92. The van der Waals surface area contributed by atoms with E-state index in [2.05, 4.69) is 10.6 Å². The van der Waals surface area contributed by atoms with Crippen LogP contribution >= 0.6 is 0 Å². The lowest BCUT2D eigenvalue weighted by Crippen LogP contribution is -2.43. The predicted octanol–water partition coefficient (Wildman–Crippen LogP) is -0.456. The van der Waals surface area contributed by atoms with Crippen LogP contribution in [0.15, 0.2) is 0 Å². The maximum atomic E-state index is 11.8. The van der Waals surface area contributed by atoms with Crippen molar-refractivity contribution >= 4 is 23.8 Å². The molecular formula is C12H19N3O5. The third-order valence-corrected chi connectivity index (χ3v) is 2.92. The largest absolute Gasteiger partial charge is 0.481 e. The van der Waals surface area contributed by atoms with Gasteiger partial charge in [0, 0.05) is 13.0 Å². The standard InChI is InChI=1S/C12H19N3O5/c1-7(4-9(17)18)5-13-8(16)6-15-10(19)12(2,3)14-11(15)20/h7H,4-6H2,1-3H3,(H,13,16)(H,14,20)(H,17,18). The van der Waals surface area contributed by atoms with Crippen molar-refractivity contribution in [3.05, 3.63) is 0 Å². The average Bonchev–Trinajstić information content (AvgIpc) is 2.48. The molecule has 0 bridgehead atoms. The van der Waals surface area contributed by atoms with E-state index in [1.807, 2.05) is 0 Å². The summed E-state index contributed by atoms with van der Waals surface area (Å²) in [6.45, 7) is 4.61. The summed E-state index contributed by atoms with van der Waals surface area (Å²) in [5.74, 6) is -2.13. The number of nitrogens with zero attached hydrogens (tertiary/aromatic N) is 1. The number of rotatable bonds is 6. The van der Waals surface area contributed by atoms with Crippen LogP contribution in [0.4, 0.5) is 4.79 Å². The lowest BCUT2D eigenvalue weighted by Gasteiger charge is -2.16. The zero-order chi connectivity index (χ0) is 15.5. The summed E-state index contributed by atoms with van der Waals surface area (Å²) in [5, 5.41) is 13.6. The molecule has 0 saturated carbocycles. The number of carboxylic acid groups (broad SMARTS) is 1. The van der Waals surface area contributed by atoms with Gasteiger partial charge in [0.25, 0.3) is 5.91 Å². The molecule has 0 radical (unpaired) electrons. The first kappa shape index (κ1) is 15.9. The van der Waals surface area contributed by atoms with E-state index in [9.17, 15) is 19.2 Å². The fraction of sp³-hybridized carbons (Fsp3) is 0.667. The fourth-order valence-electron chi connectivity index (χ4n) is 1.82. The fourth-order valence-corrected chi connectivity index (χ4v) is 1.82. The molecule has 20 heavy (non-hydrogen) atoms. The van der Waals surface area contributed by atoms with Gasteiger partial charge in [-0.25, -0.2) is 4.79 Å². The van der Waals surface area contributed by atoms with Gasteiger partial charge in [0.05, 0.1) is 0 Å². The molecule has 4 amide bonds. The van der Waals surface area contributed by atoms with Crippen LogP contribution in [0.3, 0.4) is 0 Å². The molecule has 0 spiro atoms. The highest BCUT2D eigenvalue weighted by atomic mass is 16.4. The summed E-state index contributed by atoms with van der Waals surface area (Å²) in [6.07, 6.45) is -0.0591. The molecule has 112 valence electrons. The van der Waals surface area contributed by atoms with E-state index < -0.39 is 29.4 Å². The molecule has 0 aromatic heterocycles. The van der Waals surface area contributed by atoms with Gasteiger partial charge in [-0.05, 0) is 19.8 Å². The lowest BCUT2D eigenvalue weighted by molar-refractivity contribution is -0.138. The Balaban J connectivity index is 2.45. The normalized spacial score (nSPS) is 18.6. The summed E-state index contributed by atoms with van der Waals surface area (Å²) >= 11 is 0. The quantitative estimate of drug-likeness (QED) is 0.571. The van der Waals surface area contributed by atoms with E-state index in [0.717, 1.165) is 4.90 Å². The Hall–Kier alpha value is -2.12. The van der Waals surface area contributed by atoms with Crippen LogP contribution in [0.2, 0.25) is 0 Å². The molecule has 0 aromatic rings. The monoisotopic (exact) mass is 285 g/mol. The van der Waals surface area contributed by atoms with Gasteiger partial charge < -0.3 is 15.7 Å². The third kappa shape index (κ3) is 3.94. The van der Waals surface area contributed by atoms with Gasteiger partial charge >= 0.3 is 12.0 Å². The Bertz CT molecular complexity index is 446. The molecule has 1 fully saturated rings. The minimum atomic E-state index is -1.01. The molecule has 8 nitrogen and oxygen atoms in total. The molecule has 1 unspecified atom stereocenters. The zero-order valence-electron chi connectivity index (χ0n) is 11.7. The summed E-state index contributed by atoms with van der Waals surface area (Å²) in [6, 6.07) is -0.603. The molecule has 1 rings (SSSR count). The van der Waals surface area contributed by atoms with Gasteiger partial charge in [0.1, 0.15) is 12.1 Å². The number of amides is 4. The summed E-state index contributed by atoms with van der Waals surface area (Å²) < 4.78 is 0. The Kier molecular flexibility index (Phi) is 4.69. The van der Waals surface area contributed by atoms with E-state index in [1.54, 1.807) is 20.8 Å². The Morgan fingerprint density at radius 1 is 1.40 bits per heavy atom. The Labute approximate surface area is 116 Å². The highest BCUT2D eigenvalue weighted by molar-refractivity contribution is 6.08. The number of nitrogens with one attached hydrogen (secondary N) is 2. The van der Waals surface area contributed by atoms with Crippen molar-refractivity contribution < 1.29 is 24.3 Å². The number of hydrogen-bond acceptors (Lipinski definition) is 4. The van der Waals surface area contributed by atoms with Crippen LogP contribution in [0.5, 0.6) is 0 Å². The minimum absolute atomic E-state index is 0.0591. The minimum Gasteiger partial charge on any atom is -0.481 e. The van der Waals surface area contributed by atoms with Gasteiger partial charge in [-0.3, -0.25) is 19.3 Å². The van der Waals surface area contributed by atoms with Crippen LogP contribution in [0.25, 0.3) is 0 Å². The first-order valence-corrected chi connectivity index (χ1v) is 6.26. The smallest absolute Gasteiger partial charge is 0.325 e. The summed E-state index contributed by atoms with van der Waals surface area (Å²) in [4.78, 5) is 46.4. The van der Waals surface area contributed by atoms with E-state index in [1.165, 1.54) is 0 Å². The van der Waals surface area contributed by atoms with Gasteiger partial charge in [-0.15, -0.1) is 0 Å². The maximum absolute atomic E-state index is 11.8. The first-order chi connectivity index (χ1) is 9.13. The van der Waals surface area contributed by atoms with Crippen molar-refractivity contribution in [2.24, 2.45) is 5.92 Å². The van der Waals surface area contributed by atoms with Crippen molar-refractivity contribution in [2.75, 3.05) is 13.1 Å². The second kappa shape index (κ2) is 5.89. The highest BCUT2D eigenvalue weighted by Crippen LogP contribution is 2.15. The molecule has 0 aliphatic carbocycles. The lowest BCUT2D eigenvalue weighted by atomic mass is 10.1. The topological polar surface area (TPSA) is 116 Å². The zero-order valence-corrected chi connectivity index (χ0v) is 11.7. The molecular weight excluding hydrogens is 266 g/mol. The summed E-state index contributed by atoms with van der Waals surface area (Å²) in [7, 11) is 0. The van der Waals surface area contributed by atoms with Crippen molar-refractivity contribution in [3.8, 4) is 0 Å². The van der Waals surface area contributed by atoms with E-state index in [-0.39, 0.29) is 25.4 Å². The molecule has 8 heteroatoms. The average molecular weight is 285 g/mol. The molecule has 0 aromatic carbocycles. The van der Waals surface area contributed by atoms with Crippen LogP contribution in [0.1, 0.15) is 27.2 Å². The van der Waals surface area contributed by atoms with E-state index >= 15 is 0 Å². The van der Waals surface area contributed by atoms with Gasteiger partial charge in [-0.2, -0.15) is 0 Å². The maximum Gasteiger partial charge on any atom is 0.325 e. The van der Waals surface area contributed by atoms with Crippen molar-refractivity contribution in [3.63, 3.8) is 0 Å². The van der Waals surface area contributed by atoms with Gasteiger partial charge in [0.2, 0.25) is 5.91 Å². The number of carboxylic acids is 1. The SMILES string of the molecule is CC(CNC(=O)CN1C(=O)NC(C)(C)C1=O)CC(=O)O. The van der Waals surface area contributed by atoms with Crippen LogP contribution in [-0.4, -0.2) is 52.4 Å². The number of carbonyl (C=O) groups is 4. The van der Waals surface area contributed by atoms with E-state index in [4.69, 9.17) is 5.11 Å². The molecule has 1 aliphatic heterocycles. The van der Waals surface area contributed by atoms with Crippen LogP contribution in [-0.2, 0) is 14.4 Å². The number of carbonyl (C=O) groups excluding carboxylic acids is 3. The highest BCUT2D eigenvalue weighted by Gasteiger charge is 2.44. The van der Waals surface area contributed by atoms with E-state index in [0.29, 0.717) is 0 Å². The molecule has 1 saturated heterocycles. The Morgan fingerprint density at radius 3 is 2.45 bits per heavy atom. The van der Waals surface area contributed by atoms with Gasteiger partial charge in [-0.1, -0.05) is 6.92 Å². The van der Waals surface area contributed by atoms with Crippen molar-refractivity contribution in [1.82, 2.24) is 15.5 Å². The second-order valence-electron chi connectivity index (χ2n) is 5.45. The summed E-state index contributed by atoms with van der Waals surface area (Å²) in [5.41, 5.74) is -1.01. The molecule has 1 atom stereocenters. The number of aliphatic carboxylic acids is 1. The number of imide groups is 1.